The van der Waals surface area contributed by atoms with Crippen molar-refractivity contribution < 1.29 is 4.42 Å². The van der Waals surface area contributed by atoms with Crippen molar-refractivity contribution in [3.8, 4) is 0 Å². The molecule has 25 heavy (non-hydrogen) atoms. The summed E-state index contributed by atoms with van der Waals surface area (Å²) >= 11 is 1.79. The fourth-order valence-corrected chi connectivity index (χ4v) is 4.08. The summed E-state index contributed by atoms with van der Waals surface area (Å²) in [7, 11) is 0. The van der Waals surface area contributed by atoms with Crippen LogP contribution < -0.4 is 0 Å². The third kappa shape index (κ3) is 3.07. The molecule has 1 unspecified atom stereocenters. The molecule has 4 aromatic rings. The molecule has 0 aliphatic heterocycles. The smallest absolute Gasteiger partial charge is 0.198 e. The van der Waals surface area contributed by atoms with Crippen molar-refractivity contribution in [2.45, 2.75) is 45.4 Å². The second-order valence-corrected chi connectivity index (χ2v) is 8.69. The molecule has 4 rings (SSSR count). The number of hydrogen-bond donors (Lipinski definition) is 0. The SMILES string of the molecule is CC(Cc1cccc2sc(C(C)(C)C)nc12)c1nc2ccccc2o1. The number of para-hydroxylation sites is 3. The van der Waals surface area contributed by atoms with Crippen molar-refractivity contribution >= 4 is 32.7 Å². The monoisotopic (exact) mass is 350 g/mol. The van der Waals surface area contributed by atoms with Crippen LogP contribution in [0.4, 0.5) is 0 Å². The van der Waals surface area contributed by atoms with E-state index in [1.165, 1.54) is 15.3 Å². The van der Waals surface area contributed by atoms with Gasteiger partial charge < -0.3 is 4.42 Å². The minimum atomic E-state index is 0.0763. The Labute approximate surface area is 151 Å². The van der Waals surface area contributed by atoms with Gasteiger partial charge in [0, 0.05) is 11.3 Å². The molecule has 0 aliphatic carbocycles. The van der Waals surface area contributed by atoms with Gasteiger partial charge in [-0.25, -0.2) is 9.97 Å². The molecule has 128 valence electrons. The van der Waals surface area contributed by atoms with Crippen LogP contribution in [0.15, 0.2) is 46.9 Å². The molecule has 4 heteroatoms. The molecule has 0 radical (unpaired) electrons. The van der Waals surface area contributed by atoms with Gasteiger partial charge in [-0.1, -0.05) is 52.0 Å². The van der Waals surface area contributed by atoms with Crippen molar-refractivity contribution in [3.63, 3.8) is 0 Å². The van der Waals surface area contributed by atoms with Gasteiger partial charge in [0.2, 0.25) is 0 Å². The molecule has 0 amide bonds. The predicted octanol–water partition coefficient (Wildman–Crippen LogP) is 6.08. The Kier molecular flexibility index (Phi) is 3.88. The standard InChI is InChI=1S/C21H22N2OS/c1-13(19-22-15-9-5-6-10-16(15)24-19)12-14-8-7-11-17-18(14)23-20(25-17)21(2,3)4/h5-11,13H,12H2,1-4H3. The largest absolute Gasteiger partial charge is 0.440 e. The quantitative estimate of drug-likeness (QED) is 0.449. The highest BCUT2D eigenvalue weighted by molar-refractivity contribution is 7.18. The summed E-state index contributed by atoms with van der Waals surface area (Å²) in [5, 5.41) is 1.18. The molecule has 0 spiro atoms. The first-order valence-corrected chi connectivity index (χ1v) is 9.48. The number of rotatable bonds is 3. The average Bonchev–Trinajstić information content (AvgIpc) is 3.19. The van der Waals surface area contributed by atoms with E-state index >= 15 is 0 Å². The summed E-state index contributed by atoms with van der Waals surface area (Å²) in [5.74, 6) is 1.00. The highest BCUT2D eigenvalue weighted by Gasteiger charge is 2.21. The highest BCUT2D eigenvalue weighted by Crippen LogP contribution is 2.34. The third-order valence-electron chi connectivity index (χ3n) is 4.40. The molecular weight excluding hydrogens is 328 g/mol. The number of aromatic nitrogens is 2. The van der Waals surface area contributed by atoms with E-state index in [-0.39, 0.29) is 11.3 Å². The lowest BCUT2D eigenvalue weighted by Gasteiger charge is -2.13. The van der Waals surface area contributed by atoms with Crippen molar-refractivity contribution in [1.82, 2.24) is 9.97 Å². The topological polar surface area (TPSA) is 38.9 Å². The number of benzene rings is 2. The zero-order valence-electron chi connectivity index (χ0n) is 15.0. The summed E-state index contributed by atoms with van der Waals surface area (Å²) in [6.45, 7) is 8.81. The van der Waals surface area contributed by atoms with E-state index in [0.717, 1.165) is 28.9 Å². The maximum Gasteiger partial charge on any atom is 0.198 e. The number of fused-ring (bicyclic) bond motifs is 2. The van der Waals surface area contributed by atoms with Crippen LogP contribution in [-0.4, -0.2) is 9.97 Å². The molecule has 0 saturated heterocycles. The Morgan fingerprint density at radius 2 is 1.84 bits per heavy atom. The molecule has 0 saturated carbocycles. The maximum atomic E-state index is 5.94. The lowest BCUT2D eigenvalue weighted by molar-refractivity contribution is 0.484. The van der Waals surface area contributed by atoms with Crippen molar-refractivity contribution in [2.75, 3.05) is 0 Å². The van der Waals surface area contributed by atoms with Gasteiger partial charge in [-0.15, -0.1) is 11.3 Å². The van der Waals surface area contributed by atoms with Gasteiger partial charge in [0.15, 0.2) is 11.5 Å². The van der Waals surface area contributed by atoms with E-state index in [1.54, 1.807) is 11.3 Å². The van der Waals surface area contributed by atoms with Crippen molar-refractivity contribution in [2.24, 2.45) is 0 Å². The summed E-state index contributed by atoms with van der Waals surface area (Å²) in [5.41, 5.74) is 4.24. The minimum absolute atomic E-state index is 0.0763. The van der Waals surface area contributed by atoms with E-state index in [4.69, 9.17) is 9.40 Å². The molecule has 0 aliphatic rings. The maximum absolute atomic E-state index is 5.94. The molecule has 0 bridgehead atoms. The zero-order valence-corrected chi connectivity index (χ0v) is 15.9. The van der Waals surface area contributed by atoms with Gasteiger partial charge in [0.05, 0.1) is 15.2 Å². The Morgan fingerprint density at radius 1 is 1.04 bits per heavy atom. The first kappa shape index (κ1) is 16.3. The van der Waals surface area contributed by atoms with Crippen LogP contribution in [0.1, 0.15) is 50.1 Å². The Bertz CT molecular complexity index is 1010. The normalized spacial score (nSPS) is 13.6. The minimum Gasteiger partial charge on any atom is -0.440 e. The summed E-state index contributed by atoms with van der Waals surface area (Å²) in [4.78, 5) is 9.59. The summed E-state index contributed by atoms with van der Waals surface area (Å²) in [6.07, 6.45) is 0.872. The van der Waals surface area contributed by atoms with Crippen LogP contribution in [0.5, 0.6) is 0 Å². The van der Waals surface area contributed by atoms with E-state index in [1.807, 2.05) is 24.3 Å². The molecule has 2 heterocycles. The van der Waals surface area contributed by atoms with Gasteiger partial charge in [-0.3, -0.25) is 0 Å². The van der Waals surface area contributed by atoms with Crippen molar-refractivity contribution in [1.29, 1.82) is 0 Å². The molecule has 2 aromatic heterocycles. The van der Waals surface area contributed by atoms with Crippen LogP contribution in [0.2, 0.25) is 0 Å². The summed E-state index contributed by atoms with van der Waals surface area (Å²) in [6, 6.07) is 14.4. The van der Waals surface area contributed by atoms with E-state index < -0.39 is 0 Å². The van der Waals surface area contributed by atoms with E-state index in [2.05, 4.69) is 50.9 Å². The molecule has 1 atom stereocenters. The molecule has 0 fully saturated rings. The van der Waals surface area contributed by atoms with Crippen LogP contribution in [-0.2, 0) is 11.8 Å². The second kappa shape index (κ2) is 5.95. The van der Waals surface area contributed by atoms with Crippen LogP contribution in [0.3, 0.4) is 0 Å². The second-order valence-electron chi connectivity index (χ2n) is 7.66. The number of nitrogens with zero attached hydrogens (tertiary/aromatic N) is 2. The number of thiazole rings is 1. The molecule has 2 aromatic carbocycles. The molecule has 0 N–H and O–H groups in total. The van der Waals surface area contributed by atoms with Gasteiger partial charge in [-0.05, 0) is 30.2 Å². The van der Waals surface area contributed by atoms with Crippen molar-refractivity contribution in [3.05, 3.63) is 58.9 Å². The fourth-order valence-electron chi connectivity index (χ4n) is 3.01. The van der Waals surface area contributed by atoms with E-state index in [0.29, 0.717) is 0 Å². The zero-order chi connectivity index (χ0) is 17.6. The van der Waals surface area contributed by atoms with Crippen LogP contribution >= 0.6 is 11.3 Å². The number of hydrogen-bond acceptors (Lipinski definition) is 4. The average molecular weight is 350 g/mol. The first-order valence-electron chi connectivity index (χ1n) is 8.66. The number of oxazole rings is 1. The van der Waals surface area contributed by atoms with Crippen LogP contribution in [0.25, 0.3) is 21.3 Å². The predicted molar refractivity (Wildman–Crippen MR) is 104 cm³/mol. The van der Waals surface area contributed by atoms with Gasteiger partial charge in [0.1, 0.15) is 5.52 Å². The van der Waals surface area contributed by atoms with Crippen LogP contribution in [0, 0.1) is 0 Å². The Morgan fingerprint density at radius 3 is 2.60 bits per heavy atom. The van der Waals surface area contributed by atoms with Gasteiger partial charge in [0.25, 0.3) is 0 Å². The van der Waals surface area contributed by atoms with E-state index in [9.17, 15) is 0 Å². The fraction of sp³-hybridized carbons (Fsp3) is 0.333. The lowest BCUT2D eigenvalue weighted by atomic mass is 9.98. The third-order valence-corrected chi connectivity index (χ3v) is 5.85. The highest BCUT2D eigenvalue weighted by atomic mass is 32.1. The molecular formula is C21H22N2OS. The molecule has 3 nitrogen and oxygen atoms in total. The first-order chi connectivity index (χ1) is 11.9. The lowest BCUT2D eigenvalue weighted by Crippen LogP contribution is -2.10. The Hall–Kier alpha value is -2.20. The van der Waals surface area contributed by atoms with Gasteiger partial charge >= 0.3 is 0 Å². The summed E-state index contributed by atoms with van der Waals surface area (Å²) < 4.78 is 7.20. The van der Waals surface area contributed by atoms with Gasteiger partial charge in [-0.2, -0.15) is 0 Å². The Balaban J connectivity index is 1.68.